The van der Waals surface area contributed by atoms with Crippen LogP contribution in [0.2, 0.25) is 0 Å². The highest BCUT2D eigenvalue weighted by molar-refractivity contribution is 5.67. The number of ether oxygens (including phenoxy) is 1. The van der Waals surface area contributed by atoms with Gasteiger partial charge in [-0.2, -0.15) is 4.80 Å². The van der Waals surface area contributed by atoms with Crippen LogP contribution in [0.1, 0.15) is 48.3 Å². The molecule has 36 heavy (non-hydrogen) atoms. The molecule has 7 heteroatoms. The molecule has 1 aliphatic heterocycles. The van der Waals surface area contributed by atoms with Gasteiger partial charge in [-0.3, -0.25) is 0 Å². The van der Waals surface area contributed by atoms with Crippen molar-refractivity contribution in [1.29, 1.82) is 0 Å². The molecule has 5 rings (SSSR count). The summed E-state index contributed by atoms with van der Waals surface area (Å²) in [6, 6.07) is 21.6. The Morgan fingerprint density at radius 2 is 1.81 bits per heavy atom. The molecule has 0 aliphatic carbocycles. The molecule has 184 valence electrons. The third-order valence-corrected chi connectivity index (χ3v) is 6.91. The van der Waals surface area contributed by atoms with Gasteiger partial charge in [0.25, 0.3) is 0 Å². The summed E-state index contributed by atoms with van der Waals surface area (Å²) in [5.74, 6) is 1.22. The third kappa shape index (κ3) is 4.49. The standard InChI is InChI=1S/C29H30FN5O/c1-4-18-35-32-28(31-33-35)16-7-21-5-8-23(9-6-21)29(2)27-15-14-26(36-3)20-22(27)17-19-34(29)25-12-10-24(30)11-13-25/h5-16,20H,4,17-19H2,1-3H3. The quantitative estimate of drug-likeness (QED) is 0.336. The Balaban J connectivity index is 1.50. The van der Waals surface area contributed by atoms with Crippen LogP contribution in [0.15, 0.2) is 66.7 Å². The lowest BCUT2D eigenvalue weighted by Crippen LogP contribution is -2.49. The Morgan fingerprint density at radius 3 is 2.53 bits per heavy atom. The summed E-state index contributed by atoms with van der Waals surface area (Å²) in [5.41, 5.74) is 5.24. The van der Waals surface area contributed by atoms with E-state index in [1.807, 2.05) is 30.4 Å². The summed E-state index contributed by atoms with van der Waals surface area (Å²) in [4.78, 5) is 3.98. The monoisotopic (exact) mass is 483 g/mol. The molecule has 1 aromatic heterocycles. The average molecular weight is 484 g/mol. The number of anilines is 1. The number of tetrazole rings is 1. The summed E-state index contributed by atoms with van der Waals surface area (Å²) in [6.07, 6.45) is 5.72. The summed E-state index contributed by atoms with van der Waals surface area (Å²) < 4.78 is 19.2. The Morgan fingerprint density at radius 1 is 1.03 bits per heavy atom. The highest BCUT2D eigenvalue weighted by atomic mass is 19.1. The van der Waals surface area contributed by atoms with Crippen molar-refractivity contribution in [3.8, 4) is 5.75 Å². The van der Waals surface area contributed by atoms with Crippen LogP contribution < -0.4 is 9.64 Å². The fraction of sp³-hybridized carbons (Fsp3) is 0.276. The van der Waals surface area contributed by atoms with E-state index >= 15 is 0 Å². The highest BCUT2D eigenvalue weighted by Crippen LogP contribution is 2.44. The minimum absolute atomic E-state index is 0.233. The lowest BCUT2D eigenvalue weighted by molar-refractivity contribution is 0.411. The number of aromatic nitrogens is 4. The maximum atomic E-state index is 13.7. The largest absolute Gasteiger partial charge is 0.497 e. The first-order valence-electron chi connectivity index (χ1n) is 12.3. The van der Waals surface area contributed by atoms with E-state index in [2.05, 4.69) is 70.6 Å². The van der Waals surface area contributed by atoms with Gasteiger partial charge in [0.15, 0.2) is 5.82 Å². The number of nitrogens with zero attached hydrogens (tertiary/aromatic N) is 5. The predicted molar refractivity (Wildman–Crippen MR) is 140 cm³/mol. The summed E-state index contributed by atoms with van der Waals surface area (Å²) in [7, 11) is 1.70. The van der Waals surface area contributed by atoms with E-state index in [4.69, 9.17) is 4.74 Å². The Kier molecular flexibility index (Phi) is 6.55. The number of halogens is 1. The molecular weight excluding hydrogens is 453 g/mol. The molecule has 2 heterocycles. The van der Waals surface area contributed by atoms with Crippen molar-refractivity contribution in [2.24, 2.45) is 0 Å². The van der Waals surface area contributed by atoms with Crippen molar-refractivity contribution >= 4 is 17.8 Å². The summed E-state index contributed by atoms with van der Waals surface area (Å²) in [5, 5.41) is 12.5. The minimum atomic E-state index is -0.440. The second kappa shape index (κ2) is 9.93. The fourth-order valence-corrected chi connectivity index (χ4v) is 5.01. The molecule has 6 nitrogen and oxygen atoms in total. The predicted octanol–water partition coefficient (Wildman–Crippen LogP) is 5.73. The Bertz CT molecular complexity index is 1360. The zero-order valence-electron chi connectivity index (χ0n) is 20.9. The molecule has 0 spiro atoms. The SMILES string of the molecule is CCCn1nnc(C=Cc2ccc(C3(C)c4ccc(OC)cc4CCN3c3ccc(F)cc3)cc2)n1. The normalized spacial score (nSPS) is 17.4. The highest BCUT2D eigenvalue weighted by Gasteiger charge is 2.40. The zero-order chi connectivity index (χ0) is 25.1. The molecule has 0 saturated heterocycles. The minimum Gasteiger partial charge on any atom is -0.497 e. The lowest BCUT2D eigenvalue weighted by Gasteiger charge is -2.48. The van der Waals surface area contributed by atoms with Crippen LogP contribution in [0.3, 0.4) is 0 Å². The van der Waals surface area contributed by atoms with Gasteiger partial charge in [-0.15, -0.1) is 10.2 Å². The van der Waals surface area contributed by atoms with Gasteiger partial charge in [-0.1, -0.05) is 43.3 Å². The Labute approximate surface area is 211 Å². The van der Waals surface area contributed by atoms with Crippen molar-refractivity contribution in [2.45, 2.75) is 38.8 Å². The van der Waals surface area contributed by atoms with Crippen LogP contribution >= 0.6 is 0 Å². The first kappa shape index (κ1) is 23.7. The number of rotatable bonds is 7. The van der Waals surface area contributed by atoms with Crippen molar-refractivity contribution in [3.63, 3.8) is 0 Å². The van der Waals surface area contributed by atoms with Crippen LogP contribution in [0.25, 0.3) is 12.2 Å². The Hall–Kier alpha value is -4.00. The van der Waals surface area contributed by atoms with E-state index in [9.17, 15) is 4.39 Å². The first-order valence-corrected chi connectivity index (χ1v) is 12.3. The van der Waals surface area contributed by atoms with Crippen molar-refractivity contribution in [3.05, 3.63) is 101 Å². The zero-order valence-corrected chi connectivity index (χ0v) is 20.9. The number of fused-ring (bicyclic) bond motifs is 1. The van der Waals surface area contributed by atoms with Crippen LogP contribution in [0.4, 0.5) is 10.1 Å². The molecule has 4 aromatic rings. The molecule has 1 atom stereocenters. The van der Waals surface area contributed by atoms with Gasteiger partial charge in [0.1, 0.15) is 11.6 Å². The molecule has 0 bridgehead atoms. The van der Waals surface area contributed by atoms with Gasteiger partial charge in [-0.25, -0.2) is 4.39 Å². The topological polar surface area (TPSA) is 56.1 Å². The molecule has 0 fully saturated rings. The third-order valence-electron chi connectivity index (χ3n) is 6.91. The molecule has 3 aromatic carbocycles. The number of hydrogen-bond donors (Lipinski definition) is 0. The van der Waals surface area contributed by atoms with Crippen molar-refractivity contribution in [2.75, 3.05) is 18.6 Å². The second-order valence-corrected chi connectivity index (χ2v) is 9.17. The van der Waals surface area contributed by atoms with Crippen LogP contribution in [-0.2, 0) is 18.5 Å². The van der Waals surface area contributed by atoms with Crippen molar-refractivity contribution < 1.29 is 9.13 Å². The van der Waals surface area contributed by atoms with E-state index in [1.54, 1.807) is 11.9 Å². The second-order valence-electron chi connectivity index (χ2n) is 9.17. The number of benzene rings is 3. The molecule has 0 radical (unpaired) electrons. The van der Waals surface area contributed by atoms with E-state index in [0.29, 0.717) is 5.82 Å². The summed E-state index contributed by atoms with van der Waals surface area (Å²) in [6.45, 7) is 5.88. The van der Waals surface area contributed by atoms with Gasteiger partial charge in [0, 0.05) is 12.2 Å². The van der Waals surface area contributed by atoms with E-state index in [1.165, 1.54) is 23.3 Å². The number of methoxy groups -OCH3 is 1. The van der Waals surface area contributed by atoms with E-state index in [-0.39, 0.29) is 5.82 Å². The van der Waals surface area contributed by atoms with E-state index in [0.717, 1.165) is 48.5 Å². The van der Waals surface area contributed by atoms with E-state index < -0.39 is 5.54 Å². The lowest BCUT2D eigenvalue weighted by atomic mass is 9.76. The molecule has 0 amide bonds. The van der Waals surface area contributed by atoms with Gasteiger partial charge >= 0.3 is 0 Å². The van der Waals surface area contributed by atoms with Gasteiger partial charge in [0.05, 0.1) is 19.2 Å². The van der Waals surface area contributed by atoms with Crippen molar-refractivity contribution in [1.82, 2.24) is 20.2 Å². The average Bonchev–Trinajstić information content (AvgIpc) is 3.36. The first-order chi connectivity index (χ1) is 17.5. The number of hydrogen-bond acceptors (Lipinski definition) is 5. The maximum Gasteiger partial charge on any atom is 0.197 e. The number of aryl methyl sites for hydroxylation is 1. The van der Waals surface area contributed by atoms with Crippen LogP contribution in [0, 0.1) is 5.82 Å². The molecule has 1 aliphatic rings. The van der Waals surface area contributed by atoms with Crippen LogP contribution in [-0.4, -0.2) is 33.9 Å². The molecule has 1 unspecified atom stereocenters. The maximum absolute atomic E-state index is 13.7. The summed E-state index contributed by atoms with van der Waals surface area (Å²) >= 11 is 0. The fourth-order valence-electron chi connectivity index (χ4n) is 5.01. The van der Waals surface area contributed by atoms with Gasteiger partial charge < -0.3 is 9.64 Å². The van der Waals surface area contributed by atoms with Gasteiger partial charge in [0.2, 0.25) is 0 Å². The molecular formula is C29H30FN5O. The van der Waals surface area contributed by atoms with Gasteiger partial charge in [-0.05, 0) is 89.7 Å². The molecule has 0 saturated carbocycles. The van der Waals surface area contributed by atoms with Crippen LogP contribution in [0.5, 0.6) is 5.75 Å². The molecule has 0 N–H and O–H groups in total. The smallest absolute Gasteiger partial charge is 0.197 e.